The highest BCUT2D eigenvalue weighted by Crippen LogP contribution is 2.42. The number of nitrogens with zero attached hydrogens (tertiary/aromatic N) is 1. The third-order valence-corrected chi connectivity index (χ3v) is 4.15. The predicted molar refractivity (Wildman–Crippen MR) is 82.9 cm³/mol. The molecule has 3 unspecified atom stereocenters. The van der Waals surface area contributed by atoms with Gasteiger partial charge in [0.15, 0.2) is 17.1 Å². The Labute approximate surface area is 138 Å². The molecule has 2 aliphatic heterocycles. The van der Waals surface area contributed by atoms with E-state index in [9.17, 15) is 5.11 Å². The first-order valence-corrected chi connectivity index (χ1v) is 7.73. The van der Waals surface area contributed by atoms with Gasteiger partial charge in [-0.05, 0) is 6.08 Å². The van der Waals surface area contributed by atoms with Gasteiger partial charge in [-0.3, -0.25) is 5.32 Å². The van der Waals surface area contributed by atoms with Crippen molar-refractivity contribution in [3.63, 3.8) is 0 Å². The van der Waals surface area contributed by atoms with E-state index in [1.165, 1.54) is 0 Å². The number of aliphatic imine (C=N–C) groups is 1. The summed E-state index contributed by atoms with van der Waals surface area (Å²) in [6, 6.07) is -0.551. The summed E-state index contributed by atoms with van der Waals surface area (Å²) < 4.78 is 11.5. The summed E-state index contributed by atoms with van der Waals surface area (Å²) in [6.45, 7) is 3.54. The van der Waals surface area contributed by atoms with Crippen LogP contribution in [0.25, 0.3) is 0 Å². The van der Waals surface area contributed by atoms with Crippen molar-refractivity contribution in [1.29, 1.82) is 0 Å². The first-order valence-electron chi connectivity index (χ1n) is 6.91. The van der Waals surface area contributed by atoms with Gasteiger partial charge in [0.05, 0.1) is 24.3 Å². The fourth-order valence-electron chi connectivity index (χ4n) is 2.58. The van der Waals surface area contributed by atoms with Crippen LogP contribution in [0.3, 0.4) is 0 Å². The second-order valence-corrected chi connectivity index (χ2v) is 6.57. The summed E-state index contributed by atoms with van der Waals surface area (Å²) in [7, 11) is 0. The normalized spacial score (nSPS) is 36.3. The second kappa shape index (κ2) is 5.58. The lowest BCUT2D eigenvalue weighted by Crippen LogP contribution is -2.60. The molecule has 0 aromatic heterocycles. The Bertz CT molecular complexity index is 576. The van der Waals surface area contributed by atoms with Gasteiger partial charge in [-0.25, -0.2) is 4.99 Å². The van der Waals surface area contributed by atoms with Crippen LogP contribution in [0.2, 0.25) is 0 Å². The van der Waals surface area contributed by atoms with Gasteiger partial charge in [0.25, 0.3) is 0 Å². The van der Waals surface area contributed by atoms with E-state index in [4.69, 9.17) is 38.4 Å². The Balaban J connectivity index is 1.80. The van der Waals surface area contributed by atoms with Crippen LogP contribution >= 0.6 is 23.2 Å². The minimum Gasteiger partial charge on any atom is -0.453 e. The number of alkyl halides is 1. The molecule has 22 heavy (non-hydrogen) atoms. The monoisotopic (exact) mass is 348 g/mol. The minimum absolute atomic E-state index is 0.0754. The van der Waals surface area contributed by atoms with Crippen molar-refractivity contribution >= 4 is 28.4 Å². The van der Waals surface area contributed by atoms with E-state index >= 15 is 0 Å². The van der Waals surface area contributed by atoms with Gasteiger partial charge < -0.3 is 25.6 Å². The zero-order valence-electron chi connectivity index (χ0n) is 12.1. The number of halogens is 2. The highest BCUT2D eigenvalue weighted by molar-refractivity contribution is 6.67. The molecule has 5 N–H and O–H groups in total. The molecule has 2 heterocycles. The summed E-state index contributed by atoms with van der Waals surface area (Å²) in [5.41, 5.74) is 6.03. The second-order valence-electron chi connectivity index (χ2n) is 5.77. The number of hydrogen-bond donors (Lipinski definition) is 4. The zero-order valence-corrected chi connectivity index (χ0v) is 13.6. The molecule has 0 fully saturated rings. The van der Waals surface area contributed by atoms with Crippen molar-refractivity contribution in [1.82, 2.24) is 10.6 Å². The predicted octanol–water partition coefficient (Wildman–Crippen LogP) is 0.493. The molecule has 122 valence electrons. The highest BCUT2D eigenvalue weighted by Gasteiger charge is 2.43. The van der Waals surface area contributed by atoms with E-state index in [1.54, 1.807) is 13.8 Å². The average molecular weight is 349 g/mol. The van der Waals surface area contributed by atoms with Crippen molar-refractivity contribution in [2.75, 3.05) is 6.61 Å². The van der Waals surface area contributed by atoms with Crippen molar-refractivity contribution in [2.45, 2.75) is 37.5 Å². The van der Waals surface area contributed by atoms with Gasteiger partial charge in [-0.15, -0.1) is 0 Å². The maximum absolute atomic E-state index is 9.50. The molecule has 0 aromatic carbocycles. The van der Waals surface area contributed by atoms with Gasteiger partial charge in [0.1, 0.15) is 11.3 Å². The van der Waals surface area contributed by atoms with Crippen LogP contribution in [0.5, 0.6) is 0 Å². The molecule has 0 saturated carbocycles. The molecule has 9 heteroatoms. The third-order valence-electron chi connectivity index (χ3n) is 3.57. The molecule has 4 atom stereocenters. The zero-order chi connectivity index (χ0) is 16.1. The molecule has 0 aromatic rings. The number of aliphatic hydroxyl groups is 1. The molecule has 1 aliphatic carbocycles. The first-order chi connectivity index (χ1) is 10.3. The molecule has 3 aliphatic rings. The maximum atomic E-state index is 9.50. The Kier molecular flexibility index (Phi) is 4.03. The Morgan fingerprint density at radius 2 is 2.23 bits per heavy atom. The van der Waals surface area contributed by atoms with Crippen LogP contribution in [-0.4, -0.2) is 40.5 Å². The van der Waals surface area contributed by atoms with Gasteiger partial charge in [0.2, 0.25) is 5.79 Å². The summed E-state index contributed by atoms with van der Waals surface area (Å²) in [5, 5.41) is 15.9. The van der Waals surface area contributed by atoms with E-state index in [-0.39, 0.29) is 17.7 Å². The standard InChI is InChI=1S/C13H18Cl2N4O3/c1-13(2)21-8-5(4-20)3-6(9(8)22-13)17-11-7(16)10(14)18-12(15)19-11/h3,5,7,11-12,17,19-20H,4,16H2,1-2H3/t5-,7?,11?,12?/m1/s1. The van der Waals surface area contributed by atoms with E-state index in [0.29, 0.717) is 17.2 Å². The van der Waals surface area contributed by atoms with Crippen LogP contribution in [0.15, 0.2) is 28.3 Å². The molecule has 0 amide bonds. The van der Waals surface area contributed by atoms with Gasteiger partial charge in [-0.1, -0.05) is 23.2 Å². The Morgan fingerprint density at radius 1 is 1.50 bits per heavy atom. The largest absolute Gasteiger partial charge is 0.453 e. The number of ether oxygens (including phenoxy) is 2. The molecule has 7 nitrogen and oxygen atoms in total. The Hall–Kier alpha value is -0.990. The lowest BCUT2D eigenvalue weighted by Gasteiger charge is -2.32. The molecule has 0 spiro atoms. The van der Waals surface area contributed by atoms with Crippen molar-refractivity contribution in [3.8, 4) is 0 Å². The molecule has 0 saturated heterocycles. The summed E-state index contributed by atoms with van der Waals surface area (Å²) in [5.74, 6) is 0.162. The topological polar surface area (TPSA) is 101 Å². The third kappa shape index (κ3) is 2.79. The summed E-state index contributed by atoms with van der Waals surface area (Å²) in [6.07, 6.45) is 1.41. The lowest BCUT2D eigenvalue weighted by molar-refractivity contribution is -0.127. The van der Waals surface area contributed by atoms with Crippen LogP contribution < -0.4 is 16.4 Å². The van der Waals surface area contributed by atoms with Gasteiger partial charge in [0, 0.05) is 13.8 Å². The van der Waals surface area contributed by atoms with Gasteiger partial charge in [-0.2, -0.15) is 0 Å². The highest BCUT2D eigenvalue weighted by atomic mass is 35.5. The smallest absolute Gasteiger partial charge is 0.245 e. The summed E-state index contributed by atoms with van der Waals surface area (Å²) in [4.78, 5) is 3.95. The van der Waals surface area contributed by atoms with Crippen molar-refractivity contribution in [2.24, 2.45) is 16.6 Å². The molecular formula is C13H18Cl2N4O3. The first kappa shape index (κ1) is 15.9. The van der Waals surface area contributed by atoms with Crippen LogP contribution in [0.1, 0.15) is 13.8 Å². The number of hydrogen-bond acceptors (Lipinski definition) is 7. The lowest BCUT2D eigenvalue weighted by atomic mass is 10.1. The minimum atomic E-state index is -0.768. The Morgan fingerprint density at radius 3 is 2.91 bits per heavy atom. The van der Waals surface area contributed by atoms with Crippen LogP contribution in [-0.2, 0) is 9.47 Å². The maximum Gasteiger partial charge on any atom is 0.245 e. The molecule has 0 radical (unpaired) electrons. The van der Waals surface area contributed by atoms with E-state index in [2.05, 4.69) is 15.6 Å². The number of nitrogens with two attached hydrogens (primary N) is 1. The van der Waals surface area contributed by atoms with Gasteiger partial charge >= 0.3 is 0 Å². The molecule has 0 bridgehead atoms. The van der Waals surface area contributed by atoms with E-state index < -0.39 is 23.6 Å². The molecular weight excluding hydrogens is 331 g/mol. The number of nitrogens with one attached hydrogen (secondary N) is 2. The number of rotatable bonds is 3. The van der Waals surface area contributed by atoms with Crippen molar-refractivity contribution in [3.05, 3.63) is 23.3 Å². The van der Waals surface area contributed by atoms with Crippen LogP contribution in [0, 0.1) is 5.92 Å². The molecule has 3 rings (SSSR count). The number of aliphatic hydroxyl groups excluding tert-OH is 1. The summed E-state index contributed by atoms with van der Waals surface area (Å²) >= 11 is 12.0. The van der Waals surface area contributed by atoms with E-state index in [1.807, 2.05) is 6.08 Å². The fraction of sp³-hybridized carbons (Fsp3) is 0.615. The quantitative estimate of drug-likeness (QED) is 0.437. The van der Waals surface area contributed by atoms with Crippen molar-refractivity contribution < 1.29 is 14.6 Å². The SMILES string of the molecule is CC1(C)OC2=C(O1)[C@@H](CO)C=C2NC1NC(Cl)N=C(Cl)C1N. The fourth-order valence-corrected chi connectivity index (χ4v) is 3.10. The average Bonchev–Trinajstić information content (AvgIpc) is 2.89. The van der Waals surface area contributed by atoms with E-state index in [0.717, 1.165) is 0 Å². The van der Waals surface area contributed by atoms with Crippen LogP contribution in [0.4, 0.5) is 0 Å².